The highest BCUT2D eigenvalue weighted by atomic mass is 32.2. The van der Waals surface area contributed by atoms with E-state index in [-0.39, 0.29) is 5.56 Å². The summed E-state index contributed by atoms with van der Waals surface area (Å²) in [7, 11) is 0. The van der Waals surface area contributed by atoms with Crippen LogP contribution in [0.4, 0.5) is 0 Å². The molecule has 0 amide bonds. The molecule has 5 rings (SSSR count). The van der Waals surface area contributed by atoms with Crippen molar-refractivity contribution in [2.75, 3.05) is 0 Å². The molecule has 4 aromatic heterocycles. The summed E-state index contributed by atoms with van der Waals surface area (Å²) in [6, 6.07) is 11.6. The lowest BCUT2D eigenvalue weighted by Gasteiger charge is -2.09. The summed E-state index contributed by atoms with van der Waals surface area (Å²) >= 11 is 1.55. The summed E-state index contributed by atoms with van der Waals surface area (Å²) in [6.07, 6.45) is 5.78. The maximum absolute atomic E-state index is 12.9. The van der Waals surface area contributed by atoms with Gasteiger partial charge in [0.1, 0.15) is 5.65 Å². The molecule has 0 radical (unpaired) electrons. The zero-order chi connectivity index (χ0) is 20.0. The number of allylic oxidation sites excluding steroid dienone is 1. The van der Waals surface area contributed by atoms with E-state index in [1.165, 1.54) is 5.56 Å². The number of nitrogens with zero attached hydrogens (tertiary/aromatic N) is 6. The second-order valence-electron chi connectivity index (χ2n) is 6.83. The molecule has 29 heavy (non-hydrogen) atoms. The second-order valence-corrected chi connectivity index (χ2v) is 7.77. The number of thioether (sulfide) groups is 1. The second kappa shape index (κ2) is 6.89. The highest BCUT2D eigenvalue weighted by Gasteiger charge is 2.16. The molecule has 0 spiro atoms. The molecule has 0 aliphatic heterocycles. The van der Waals surface area contributed by atoms with Crippen molar-refractivity contribution in [3.63, 3.8) is 0 Å². The Balaban J connectivity index is 1.59. The summed E-state index contributed by atoms with van der Waals surface area (Å²) in [6.45, 7) is 6.20. The van der Waals surface area contributed by atoms with Crippen molar-refractivity contribution >= 4 is 34.1 Å². The van der Waals surface area contributed by atoms with Crippen LogP contribution in [0.15, 0.2) is 71.4 Å². The van der Waals surface area contributed by atoms with E-state index in [2.05, 4.69) is 40.9 Å². The van der Waals surface area contributed by atoms with Crippen LogP contribution in [0.1, 0.15) is 11.3 Å². The van der Waals surface area contributed by atoms with E-state index in [4.69, 9.17) is 0 Å². The Kier molecular flexibility index (Phi) is 4.21. The minimum absolute atomic E-state index is 0.0901. The average molecular weight is 402 g/mol. The van der Waals surface area contributed by atoms with Gasteiger partial charge in [-0.25, -0.2) is 4.98 Å². The van der Waals surface area contributed by atoms with Gasteiger partial charge in [-0.05, 0) is 30.7 Å². The standard InChI is InChI=1S/C21H18N6OS/c1-3-10-26-19(28)16-6-4-5-7-17(16)27-20(26)23-24-21(27)29-13-15-12-25-11-14(2)8-9-18(25)22-15/h3-9,11-12H,1,10,13H2,2H3. The lowest BCUT2D eigenvalue weighted by Crippen LogP contribution is -2.22. The Labute approximate surface area is 170 Å². The number of fused-ring (bicyclic) bond motifs is 4. The van der Waals surface area contributed by atoms with Gasteiger partial charge in [0.25, 0.3) is 5.56 Å². The Morgan fingerprint density at radius 1 is 1.14 bits per heavy atom. The van der Waals surface area contributed by atoms with Crippen molar-refractivity contribution in [1.29, 1.82) is 0 Å². The molecule has 7 nitrogen and oxygen atoms in total. The third kappa shape index (κ3) is 2.92. The van der Waals surface area contributed by atoms with Crippen LogP contribution in [0.3, 0.4) is 0 Å². The van der Waals surface area contributed by atoms with Crippen LogP contribution < -0.4 is 5.56 Å². The highest BCUT2D eigenvalue weighted by molar-refractivity contribution is 7.98. The molecule has 4 heterocycles. The van der Waals surface area contributed by atoms with E-state index in [9.17, 15) is 4.79 Å². The number of benzene rings is 1. The molecule has 0 N–H and O–H groups in total. The summed E-state index contributed by atoms with van der Waals surface area (Å²) in [4.78, 5) is 17.5. The number of pyridine rings is 1. The third-order valence-electron chi connectivity index (χ3n) is 4.79. The van der Waals surface area contributed by atoms with Gasteiger partial charge in [0.15, 0.2) is 5.16 Å². The van der Waals surface area contributed by atoms with Gasteiger partial charge >= 0.3 is 0 Å². The largest absolute Gasteiger partial charge is 0.307 e. The molecule has 0 saturated heterocycles. The fourth-order valence-corrected chi connectivity index (χ4v) is 4.31. The van der Waals surface area contributed by atoms with Gasteiger partial charge in [-0.3, -0.25) is 13.8 Å². The molecule has 0 atom stereocenters. The monoisotopic (exact) mass is 402 g/mol. The molecular formula is C21H18N6OS. The zero-order valence-corrected chi connectivity index (χ0v) is 16.6. The molecule has 0 unspecified atom stereocenters. The maximum Gasteiger partial charge on any atom is 0.263 e. The number of aryl methyl sites for hydroxylation is 1. The van der Waals surface area contributed by atoms with Crippen molar-refractivity contribution < 1.29 is 0 Å². The highest BCUT2D eigenvalue weighted by Crippen LogP contribution is 2.24. The minimum atomic E-state index is -0.0901. The molecule has 8 heteroatoms. The van der Waals surface area contributed by atoms with Crippen molar-refractivity contribution in [1.82, 2.24) is 28.5 Å². The molecule has 5 aromatic rings. The topological polar surface area (TPSA) is 69.5 Å². The van der Waals surface area contributed by atoms with E-state index >= 15 is 0 Å². The van der Waals surface area contributed by atoms with Crippen LogP contribution >= 0.6 is 11.8 Å². The summed E-state index contributed by atoms with van der Waals surface area (Å²) < 4.78 is 5.56. The maximum atomic E-state index is 12.9. The predicted octanol–water partition coefficient (Wildman–Crippen LogP) is 3.48. The normalized spacial score (nSPS) is 11.6. The molecule has 0 aliphatic carbocycles. The Hall–Kier alpha value is -3.39. The van der Waals surface area contributed by atoms with E-state index in [1.807, 2.05) is 45.3 Å². The van der Waals surface area contributed by atoms with E-state index in [0.29, 0.717) is 23.5 Å². The van der Waals surface area contributed by atoms with Gasteiger partial charge < -0.3 is 4.40 Å². The number of hydrogen-bond acceptors (Lipinski definition) is 5. The van der Waals surface area contributed by atoms with E-state index in [1.54, 1.807) is 22.4 Å². The minimum Gasteiger partial charge on any atom is -0.307 e. The summed E-state index contributed by atoms with van der Waals surface area (Å²) in [5.41, 5.74) is 3.77. The molecule has 144 valence electrons. The van der Waals surface area contributed by atoms with Gasteiger partial charge in [-0.15, -0.1) is 16.8 Å². The Morgan fingerprint density at radius 2 is 2.00 bits per heavy atom. The first-order valence-corrected chi connectivity index (χ1v) is 10.2. The summed E-state index contributed by atoms with van der Waals surface area (Å²) in [5, 5.41) is 10.0. The van der Waals surface area contributed by atoms with Gasteiger partial charge in [-0.1, -0.05) is 36.0 Å². The van der Waals surface area contributed by atoms with Crippen LogP contribution in [0, 0.1) is 6.92 Å². The number of imidazole rings is 1. The first kappa shape index (κ1) is 17.7. The zero-order valence-electron chi connectivity index (χ0n) is 15.8. The van der Waals surface area contributed by atoms with Crippen molar-refractivity contribution in [3.05, 3.63) is 83.1 Å². The Bertz CT molecular complexity index is 1440. The molecule has 0 aliphatic rings. The summed E-state index contributed by atoms with van der Waals surface area (Å²) in [5.74, 6) is 1.16. The van der Waals surface area contributed by atoms with E-state index < -0.39 is 0 Å². The molecule has 1 aromatic carbocycles. The average Bonchev–Trinajstić information content (AvgIpc) is 3.33. The van der Waals surface area contributed by atoms with Crippen LogP contribution in [-0.4, -0.2) is 28.5 Å². The number of hydrogen-bond donors (Lipinski definition) is 0. The number of para-hydroxylation sites is 1. The molecule has 0 fully saturated rings. The molecular weight excluding hydrogens is 384 g/mol. The Morgan fingerprint density at radius 3 is 2.86 bits per heavy atom. The van der Waals surface area contributed by atoms with Crippen molar-refractivity contribution in [2.24, 2.45) is 0 Å². The number of aromatic nitrogens is 6. The smallest absolute Gasteiger partial charge is 0.263 e. The number of rotatable bonds is 5. The quantitative estimate of drug-likeness (QED) is 0.333. The van der Waals surface area contributed by atoms with Crippen molar-refractivity contribution in [3.8, 4) is 0 Å². The first-order valence-electron chi connectivity index (χ1n) is 9.20. The fraction of sp³-hybridized carbons (Fsp3) is 0.143. The first-order chi connectivity index (χ1) is 14.2. The SMILES string of the molecule is C=CCn1c(=O)c2ccccc2n2c(SCc3cn4cc(C)ccc4n3)nnc12. The lowest BCUT2D eigenvalue weighted by atomic mass is 10.2. The lowest BCUT2D eigenvalue weighted by molar-refractivity contribution is 0.783. The van der Waals surface area contributed by atoms with Gasteiger partial charge in [0, 0.05) is 24.7 Å². The van der Waals surface area contributed by atoms with Crippen LogP contribution in [0.5, 0.6) is 0 Å². The van der Waals surface area contributed by atoms with Crippen LogP contribution in [0.25, 0.3) is 22.3 Å². The van der Waals surface area contributed by atoms with Gasteiger partial charge in [0.2, 0.25) is 5.78 Å². The van der Waals surface area contributed by atoms with Crippen LogP contribution in [0.2, 0.25) is 0 Å². The predicted molar refractivity (Wildman–Crippen MR) is 114 cm³/mol. The molecule has 0 saturated carbocycles. The van der Waals surface area contributed by atoms with Crippen LogP contribution in [-0.2, 0) is 12.3 Å². The molecule has 0 bridgehead atoms. The van der Waals surface area contributed by atoms with Gasteiger partial charge in [-0.2, -0.15) is 0 Å². The van der Waals surface area contributed by atoms with E-state index in [0.717, 1.165) is 22.0 Å². The third-order valence-corrected chi connectivity index (χ3v) is 5.75. The fourth-order valence-electron chi connectivity index (χ4n) is 3.48. The van der Waals surface area contributed by atoms with Crippen molar-refractivity contribution in [2.45, 2.75) is 24.4 Å². The van der Waals surface area contributed by atoms with Gasteiger partial charge in [0.05, 0.1) is 16.6 Å².